The summed E-state index contributed by atoms with van der Waals surface area (Å²) in [6.45, 7) is 10.2. The molecule has 2 aliphatic heterocycles. The van der Waals surface area contributed by atoms with E-state index >= 15 is 4.39 Å². The van der Waals surface area contributed by atoms with Crippen LogP contribution >= 0.6 is 0 Å². The van der Waals surface area contributed by atoms with Gasteiger partial charge in [0.15, 0.2) is 0 Å². The molecule has 1 amide bonds. The van der Waals surface area contributed by atoms with E-state index in [0.29, 0.717) is 11.5 Å². The first kappa shape index (κ1) is 22.3. The highest BCUT2D eigenvalue weighted by Crippen LogP contribution is 2.34. The topological polar surface area (TPSA) is 58.7 Å². The fraction of sp³-hybridized carbons (Fsp3) is 0.481. The molecule has 3 aromatic rings. The van der Waals surface area contributed by atoms with Gasteiger partial charge in [-0.15, -0.1) is 0 Å². The lowest BCUT2D eigenvalue weighted by atomic mass is 10.1. The van der Waals surface area contributed by atoms with Gasteiger partial charge >= 0.3 is 0 Å². The number of rotatable bonds is 5. The van der Waals surface area contributed by atoms with E-state index in [1.165, 1.54) is 0 Å². The third-order valence-electron chi connectivity index (χ3n) is 7.79. The van der Waals surface area contributed by atoms with Crippen molar-refractivity contribution in [3.8, 4) is 11.3 Å². The molecule has 1 saturated carbocycles. The molecule has 0 spiro atoms. The quantitative estimate of drug-likeness (QED) is 0.610. The van der Waals surface area contributed by atoms with E-state index in [9.17, 15) is 4.79 Å². The molecule has 4 heterocycles. The molecule has 0 atom stereocenters. The summed E-state index contributed by atoms with van der Waals surface area (Å²) in [6.07, 6.45) is 3.89. The highest BCUT2D eigenvalue weighted by atomic mass is 19.1. The number of hydrogen-bond donors (Lipinski definition) is 1. The minimum atomic E-state index is -0.222. The standard InChI is InChI=1S/C27H33FN6O/c1-2-31-9-11-32(12-10-31)20-5-6-21(23(28)17-20)24-18-22-25(7-8-29-26(22)30-24)33-13-15-34(16-14-33)27(35)19-3-4-19/h5-8,17-19H,2-4,9-16H2,1H3,(H,29,30). The third-order valence-corrected chi connectivity index (χ3v) is 7.79. The Morgan fingerprint density at radius 1 is 1.00 bits per heavy atom. The van der Waals surface area contributed by atoms with Gasteiger partial charge in [0.1, 0.15) is 11.5 Å². The van der Waals surface area contributed by atoms with Crippen molar-refractivity contribution >= 4 is 28.3 Å². The Morgan fingerprint density at radius 2 is 1.74 bits per heavy atom. The molecule has 184 valence electrons. The zero-order chi connectivity index (χ0) is 23.9. The average Bonchev–Trinajstić information content (AvgIpc) is 3.66. The van der Waals surface area contributed by atoms with Gasteiger partial charge in [0, 0.05) is 86.8 Å². The zero-order valence-corrected chi connectivity index (χ0v) is 20.3. The van der Waals surface area contributed by atoms with Crippen LogP contribution < -0.4 is 9.80 Å². The van der Waals surface area contributed by atoms with E-state index in [-0.39, 0.29) is 11.7 Å². The molecule has 2 saturated heterocycles. The van der Waals surface area contributed by atoms with Crippen LogP contribution in [0.1, 0.15) is 19.8 Å². The van der Waals surface area contributed by atoms with Gasteiger partial charge in [-0.1, -0.05) is 6.92 Å². The Hall–Kier alpha value is -3.13. The lowest BCUT2D eigenvalue weighted by Crippen LogP contribution is -2.49. The summed E-state index contributed by atoms with van der Waals surface area (Å²) in [4.78, 5) is 29.3. The molecular formula is C27H33FN6O. The van der Waals surface area contributed by atoms with Gasteiger partial charge in [-0.05, 0) is 49.7 Å². The van der Waals surface area contributed by atoms with Gasteiger partial charge in [-0.3, -0.25) is 4.79 Å². The van der Waals surface area contributed by atoms with Crippen LogP contribution in [0.3, 0.4) is 0 Å². The molecule has 1 N–H and O–H groups in total. The molecule has 0 bridgehead atoms. The Balaban J connectivity index is 1.21. The van der Waals surface area contributed by atoms with Gasteiger partial charge in [0.05, 0.1) is 5.69 Å². The number of hydrogen-bond acceptors (Lipinski definition) is 5. The number of anilines is 2. The van der Waals surface area contributed by atoms with E-state index in [4.69, 9.17) is 0 Å². The zero-order valence-electron chi connectivity index (χ0n) is 20.3. The van der Waals surface area contributed by atoms with E-state index < -0.39 is 0 Å². The van der Waals surface area contributed by atoms with Crippen molar-refractivity contribution in [2.75, 3.05) is 68.7 Å². The maximum atomic E-state index is 15.3. The van der Waals surface area contributed by atoms with Crippen molar-refractivity contribution in [2.45, 2.75) is 19.8 Å². The Kier molecular flexibility index (Phi) is 5.84. The van der Waals surface area contributed by atoms with Crippen LogP contribution in [0.2, 0.25) is 0 Å². The predicted molar refractivity (Wildman–Crippen MR) is 137 cm³/mol. The Labute approximate surface area is 205 Å². The number of piperazine rings is 2. The minimum Gasteiger partial charge on any atom is -0.369 e. The van der Waals surface area contributed by atoms with Crippen LogP contribution in [0.25, 0.3) is 22.3 Å². The summed E-state index contributed by atoms with van der Waals surface area (Å²) < 4.78 is 15.3. The number of benzene rings is 1. The third kappa shape index (κ3) is 4.35. The number of carbonyl (C=O) groups excluding carboxylic acids is 1. The van der Waals surface area contributed by atoms with Crippen LogP contribution in [-0.2, 0) is 4.79 Å². The van der Waals surface area contributed by atoms with E-state index in [1.807, 2.05) is 29.2 Å². The second kappa shape index (κ2) is 9.15. The van der Waals surface area contributed by atoms with Crippen molar-refractivity contribution in [3.05, 3.63) is 42.3 Å². The van der Waals surface area contributed by atoms with E-state index in [2.05, 4.69) is 31.6 Å². The van der Waals surface area contributed by atoms with Crippen LogP contribution in [0, 0.1) is 11.7 Å². The number of likely N-dealkylation sites (N-methyl/N-ethyl adjacent to an activating group) is 1. The van der Waals surface area contributed by atoms with Crippen LogP contribution in [0.15, 0.2) is 36.5 Å². The second-order valence-corrected chi connectivity index (χ2v) is 9.95. The van der Waals surface area contributed by atoms with Crippen LogP contribution in [-0.4, -0.2) is 84.6 Å². The van der Waals surface area contributed by atoms with E-state index in [1.54, 1.807) is 12.3 Å². The summed E-state index contributed by atoms with van der Waals surface area (Å²) in [5.74, 6) is 0.365. The SMILES string of the molecule is CCN1CCN(c2ccc(-c3cc4c(N5CCN(C(=O)C6CC6)CC5)ccnc4[nH]3)c(F)c2)CC1. The first-order valence-electron chi connectivity index (χ1n) is 12.9. The summed E-state index contributed by atoms with van der Waals surface area (Å²) in [5, 5.41) is 0.989. The number of nitrogens with zero attached hydrogens (tertiary/aromatic N) is 5. The van der Waals surface area contributed by atoms with Crippen molar-refractivity contribution in [1.29, 1.82) is 0 Å². The molecule has 6 rings (SSSR count). The van der Waals surface area contributed by atoms with Crippen molar-refractivity contribution in [1.82, 2.24) is 19.8 Å². The molecule has 35 heavy (non-hydrogen) atoms. The van der Waals surface area contributed by atoms with Gasteiger partial charge in [0.25, 0.3) is 0 Å². The van der Waals surface area contributed by atoms with Crippen molar-refractivity contribution in [3.63, 3.8) is 0 Å². The van der Waals surface area contributed by atoms with Crippen LogP contribution in [0.4, 0.5) is 15.8 Å². The number of halogens is 1. The molecule has 1 aromatic carbocycles. The molecule has 3 fully saturated rings. The smallest absolute Gasteiger partial charge is 0.225 e. The number of fused-ring (bicyclic) bond motifs is 1. The molecule has 8 heteroatoms. The largest absolute Gasteiger partial charge is 0.369 e. The molecule has 2 aromatic heterocycles. The fourth-order valence-corrected chi connectivity index (χ4v) is 5.43. The number of carbonyl (C=O) groups is 1. The van der Waals surface area contributed by atoms with Gasteiger partial charge in [-0.25, -0.2) is 9.37 Å². The minimum absolute atomic E-state index is 0.222. The molecule has 0 unspecified atom stereocenters. The van der Waals surface area contributed by atoms with Gasteiger partial charge < -0.3 is 24.6 Å². The average molecular weight is 477 g/mol. The molecule has 0 radical (unpaired) electrons. The fourth-order valence-electron chi connectivity index (χ4n) is 5.43. The first-order valence-corrected chi connectivity index (χ1v) is 12.9. The monoisotopic (exact) mass is 476 g/mol. The first-order chi connectivity index (χ1) is 17.1. The highest BCUT2D eigenvalue weighted by Gasteiger charge is 2.34. The molecule has 1 aliphatic carbocycles. The van der Waals surface area contributed by atoms with Gasteiger partial charge in [-0.2, -0.15) is 0 Å². The normalized spacial score (nSPS) is 19.5. The maximum absolute atomic E-state index is 15.3. The predicted octanol–water partition coefficient (Wildman–Crippen LogP) is 3.57. The number of amides is 1. The summed E-state index contributed by atoms with van der Waals surface area (Å²) in [7, 11) is 0. The molecule has 3 aliphatic rings. The summed E-state index contributed by atoms with van der Waals surface area (Å²) >= 11 is 0. The number of H-pyrrole nitrogens is 1. The van der Waals surface area contributed by atoms with Crippen molar-refractivity contribution < 1.29 is 9.18 Å². The van der Waals surface area contributed by atoms with Gasteiger partial charge in [0.2, 0.25) is 5.91 Å². The number of aromatic amines is 1. The second-order valence-electron chi connectivity index (χ2n) is 9.95. The van der Waals surface area contributed by atoms with E-state index in [0.717, 1.165) is 99.8 Å². The lowest BCUT2D eigenvalue weighted by Gasteiger charge is -2.36. The highest BCUT2D eigenvalue weighted by molar-refractivity contribution is 5.94. The lowest BCUT2D eigenvalue weighted by molar-refractivity contribution is -0.132. The molecular weight excluding hydrogens is 443 g/mol. The summed E-state index contributed by atoms with van der Waals surface area (Å²) in [6, 6.07) is 9.59. The number of pyridine rings is 1. The summed E-state index contributed by atoms with van der Waals surface area (Å²) in [5.41, 5.74) is 4.08. The Morgan fingerprint density at radius 3 is 2.43 bits per heavy atom. The number of nitrogens with one attached hydrogen (secondary N) is 1. The van der Waals surface area contributed by atoms with Crippen molar-refractivity contribution in [2.24, 2.45) is 5.92 Å². The molecule has 7 nitrogen and oxygen atoms in total. The Bertz CT molecular complexity index is 1220. The number of aromatic nitrogens is 2. The van der Waals surface area contributed by atoms with Crippen LogP contribution in [0.5, 0.6) is 0 Å². The maximum Gasteiger partial charge on any atom is 0.225 e.